The van der Waals surface area contributed by atoms with Crippen LogP contribution in [0.4, 0.5) is 4.79 Å². The second-order valence-corrected chi connectivity index (χ2v) is 9.33. The van der Waals surface area contributed by atoms with Crippen LogP contribution in [-0.2, 0) is 11.8 Å². The number of nitrogens with zero attached hydrogens (tertiary/aromatic N) is 6. The number of aryl methyl sites for hydroxylation is 1. The fourth-order valence-electron chi connectivity index (χ4n) is 3.21. The van der Waals surface area contributed by atoms with Gasteiger partial charge in [-0.1, -0.05) is 0 Å². The number of ether oxygens (including phenoxy) is 1. The molecule has 10 heteroatoms. The molecule has 0 aromatic carbocycles. The van der Waals surface area contributed by atoms with Crippen LogP contribution in [0.25, 0.3) is 16.8 Å². The van der Waals surface area contributed by atoms with E-state index < -0.39 is 5.60 Å². The molecule has 1 aliphatic rings. The Balaban J connectivity index is 1.64. The molecule has 1 fully saturated rings. The smallest absolute Gasteiger partial charge is 0.410 e. The first-order valence-corrected chi connectivity index (χ1v) is 10.4. The molecule has 1 N–H and O–H groups in total. The first kappa shape index (κ1) is 19.6. The Morgan fingerprint density at radius 2 is 2.10 bits per heavy atom. The predicted octanol–water partition coefficient (Wildman–Crippen LogP) is 2.86. The number of carbonyl (C=O) groups excluding carboxylic acids is 1. The van der Waals surface area contributed by atoms with E-state index in [9.17, 15) is 9.90 Å². The Labute approximate surface area is 172 Å². The zero-order chi connectivity index (χ0) is 20.8. The van der Waals surface area contributed by atoms with Gasteiger partial charge in [-0.05, 0) is 20.8 Å². The van der Waals surface area contributed by atoms with Crippen molar-refractivity contribution in [1.82, 2.24) is 29.3 Å². The Kier molecular flexibility index (Phi) is 4.89. The Morgan fingerprint density at radius 3 is 2.79 bits per heavy atom. The molecule has 3 aromatic heterocycles. The third kappa shape index (κ3) is 4.02. The molecule has 29 heavy (non-hydrogen) atoms. The lowest BCUT2D eigenvalue weighted by molar-refractivity contribution is 0.0256. The molecule has 0 radical (unpaired) electrons. The second-order valence-electron chi connectivity index (χ2n) is 8.02. The summed E-state index contributed by atoms with van der Waals surface area (Å²) in [6, 6.07) is 1.61. The zero-order valence-electron chi connectivity index (χ0n) is 16.9. The molecular weight excluding hydrogens is 392 g/mol. The summed E-state index contributed by atoms with van der Waals surface area (Å²) in [5, 5.41) is 18.9. The van der Waals surface area contributed by atoms with Gasteiger partial charge in [0.25, 0.3) is 0 Å². The SMILES string of the molecule is Cn1cc(-c2cnn3c(O)cc(C4CN(C(=O)OC(C)(C)C)CCS4)nc23)cn1. The highest BCUT2D eigenvalue weighted by atomic mass is 32.2. The molecular formula is C19H24N6O3S. The van der Waals surface area contributed by atoms with E-state index in [1.54, 1.807) is 39.8 Å². The van der Waals surface area contributed by atoms with Crippen molar-refractivity contribution in [3.8, 4) is 17.0 Å². The third-order valence-corrected chi connectivity index (χ3v) is 5.75. The first-order valence-electron chi connectivity index (χ1n) is 9.37. The van der Waals surface area contributed by atoms with E-state index >= 15 is 0 Å². The van der Waals surface area contributed by atoms with Crippen molar-refractivity contribution in [3.05, 3.63) is 30.4 Å². The number of hydrogen-bond donors (Lipinski definition) is 1. The predicted molar refractivity (Wildman–Crippen MR) is 110 cm³/mol. The summed E-state index contributed by atoms with van der Waals surface area (Å²) in [5.41, 5.74) is 2.39. The van der Waals surface area contributed by atoms with Gasteiger partial charge in [0, 0.05) is 49.3 Å². The molecule has 1 aliphatic heterocycles. The molecule has 154 valence electrons. The Morgan fingerprint density at radius 1 is 1.31 bits per heavy atom. The van der Waals surface area contributed by atoms with Gasteiger partial charge in [0.05, 0.1) is 23.3 Å². The maximum Gasteiger partial charge on any atom is 0.410 e. The molecule has 1 atom stereocenters. The second kappa shape index (κ2) is 7.25. The zero-order valence-corrected chi connectivity index (χ0v) is 17.7. The van der Waals surface area contributed by atoms with Crippen molar-refractivity contribution in [2.24, 2.45) is 7.05 Å². The van der Waals surface area contributed by atoms with Crippen LogP contribution in [0, 0.1) is 0 Å². The number of rotatable bonds is 2. The lowest BCUT2D eigenvalue weighted by atomic mass is 10.2. The van der Waals surface area contributed by atoms with Gasteiger partial charge in [-0.25, -0.2) is 9.78 Å². The summed E-state index contributed by atoms with van der Waals surface area (Å²) < 4.78 is 8.62. The van der Waals surface area contributed by atoms with Crippen LogP contribution >= 0.6 is 11.8 Å². The standard InChI is InChI=1S/C19H24N6O3S/c1-19(2,3)28-18(27)24-5-6-29-15(11-24)14-7-16(26)25-17(22-14)13(9-21-25)12-8-20-23(4)10-12/h7-10,15,26H,5-6,11H2,1-4H3. The van der Waals surface area contributed by atoms with E-state index in [0.717, 1.165) is 16.9 Å². The van der Waals surface area contributed by atoms with Gasteiger partial charge >= 0.3 is 6.09 Å². The third-order valence-electron chi connectivity index (χ3n) is 4.54. The van der Waals surface area contributed by atoms with Crippen LogP contribution in [0.15, 0.2) is 24.7 Å². The summed E-state index contributed by atoms with van der Waals surface area (Å²) >= 11 is 1.71. The van der Waals surface area contributed by atoms with Crippen molar-refractivity contribution < 1.29 is 14.6 Å². The average Bonchev–Trinajstić information content (AvgIpc) is 3.26. The average molecular weight is 417 g/mol. The van der Waals surface area contributed by atoms with E-state index in [-0.39, 0.29) is 17.2 Å². The van der Waals surface area contributed by atoms with Gasteiger partial charge in [-0.15, -0.1) is 11.8 Å². The van der Waals surface area contributed by atoms with Crippen molar-refractivity contribution >= 4 is 23.5 Å². The Hall–Kier alpha value is -2.75. The molecule has 4 rings (SSSR count). The van der Waals surface area contributed by atoms with Gasteiger partial charge < -0.3 is 14.7 Å². The molecule has 1 saturated heterocycles. The van der Waals surface area contributed by atoms with Crippen molar-refractivity contribution in [1.29, 1.82) is 0 Å². The molecule has 0 aliphatic carbocycles. The molecule has 1 amide bonds. The number of amides is 1. The summed E-state index contributed by atoms with van der Waals surface area (Å²) in [6.07, 6.45) is 4.96. The summed E-state index contributed by atoms with van der Waals surface area (Å²) in [4.78, 5) is 19.0. The number of carbonyl (C=O) groups is 1. The monoisotopic (exact) mass is 416 g/mol. The highest BCUT2D eigenvalue weighted by molar-refractivity contribution is 7.99. The van der Waals surface area contributed by atoms with Crippen LogP contribution in [0.5, 0.6) is 5.88 Å². The molecule has 9 nitrogen and oxygen atoms in total. The highest BCUT2D eigenvalue weighted by Gasteiger charge is 2.30. The molecule has 0 spiro atoms. The number of aromatic nitrogens is 5. The quantitative estimate of drug-likeness (QED) is 0.686. The van der Waals surface area contributed by atoms with Crippen LogP contribution in [-0.4, -0.2) is 64.9 Å². The minimum atomic E-state index is -0.539. The summed E-state index contributed by atoms with van der Waals surface area (Å²) in [6.45, 7) is 6.66. The van der Waals surface area contributed by atoms with Crippen molar-refractivity contribution in [3.63, 3.8) is 0 Å². The molecule has 0 bridgehead atoms. The largest absolute Gasteiger partial charge is 0.493 e. The van der Waals surface area contributed by atoms with Gasteiger partial charge in [-0.3, -0.25) is 4.68 Å². The molecule has 4 heterocycles. The van der Waals surface area contributed by atoms with Crippen LogP contribution in [0.1, 0.15) is 31.7 Å². The van der Waals surface area contributed by atoms with Gasteiger partial charge in [0.15, 0.2) is 5.65 Å². The normalized spacial score (nSPS) is 17.7. The lowest BCUT2D eigenvalue weighted by Crippen LogP contribution is -2.42. The Bertz CT molecular complexity index is 1050. The number of hydrogen-bond acceptors (Lipinski definition) is 7. The lowest BCUT2D eigenvalue weighted by Gasteiger charge is -2.33. The van der Waals surface area contributed by atoms with E-state index in [2.05, 4.69) is 10.2 Å². The topological polar surface area (TPSA) is 97.8 Å². The van der Waals surface area contributed by atoms with Crippen LogP contribution < -0.4 is 0 Å². The fraction of sp³-hybridized carbons (Fsp3) is 0.474. The molecule has 1 unspecified atom stereocenters. The van der Waals surface area contributed by atoms with E-state index in [4.69, 9.17) is 9.72 Å². The van der Waals surface area contributed by atoms with Gasteiger partial charge in [-0.2, -0.15) is 14.7 Å². The van der Waals surface area contributed by atoms with Crippen LogP contribution in [0.2, 0.25) is 0 Å². The van der Waals surface area contributed by atoms with Crippen molar-refractivity contribution in [2.45, 2.75) is 31.6 Å². The number of thioether (sulfide) groups is 1. The van der Waals surface area contributed by atoms with Crippen molar-refractivity contribution in [2.75, 3.05) is 18.8 Å². The highest BCUT2D eigenvalue weighted by Crippen LogP contribution is 2.35. The van der Waals surface area contributed by atoms with Gasteiger partial charge in [0.1, 0.15) is 5.60 Å². The number of fused-ring (bicyclic) bond motifs is 1. The fourth-order valence-corrected chi connectivity index (χ4v) is 4.40. The van der Waals surface area contributed by atoms with E-state index in [1.165, 1.54) is 4.52 Å². The molecule has 0 saturated carbocycles. The summed E-state index contributed by atoms with van der Waals surface area (Å²) in [5.74, 6) is 0.779. The van der Waals surface area contributed by atoms with E-state index in [0.29, 0.717) is 24.4 Å². The maximum absolute atomic E-state index is 12.5. The van der Waals surface area contributed by atoms with E-state index in [1.807, 2.05) is 34.0 Å². The minimum Gasteiger partial charge on any atom is -0.493 e. The first-order chi connectivity index (χ1) is 13.7. The minimum absolute atomic E-state index is 0.00938. The number of aromatic hydroxyl groups is 1. The van der Waals surface area contributed by atoms with Gasteiger partial charge in [0.2, 0.25) is 5.88 Å². The summed E-state index contributed by atoms with van der Waals surface area (Å²) in [7, 11) is 1.84. The van der Waals surface area contributed by atoms with Crippen LogP contribution in [0.3, 0.4) is 0 Å². The molecule has 3 aromatic rings. The maximum atomic E-state index is 12.5.